The van der Waals surface area contributed by atoms with Gasteiger partial charge in [0.05, 0.1) is 11.9 Å². The number of rotatable bonds is 5. The molecule has 3 heterocycles. The average molecular weight is 423 g/mol. The molecule has 1 saturated heterocycles. The quantitative estimate of drug-likeness (QED) is 0.677. The summed E-state index contributed by atoms with van der Waals surface area (Å²) in [6.45, 7) is 2.70. The van der Waals surface area contributed by atoms with Gasteiger partial charge in [-0.3, -0.25) is 14.6 Å². The summed E-state index contributed by atoms with van der Waals surface area (Å²) in [5, 5.41) is 0. The van der Waals surface area contributed by atoms with E-state index in [4.69, 9.17) is 4.74 Å². The fraction of sp³-hybridized carbons (Fsp3) is 0.318. The Labute approximate surface area is 178 Å². The number of carbonyl (C=O) groups is 1. The van der Waals surface area contributed by atoms with Crippen molar-refractivity contribution in [2.75, 3.05) is 13.1 Å². The lowest BCUT2D eigenvalue weighted by molar-refractivity contribution is -0.139. The van der Waals surface area contributed by atoms with Gasteiger partial charge >= 0.3 is 0 Å². The van der Waals surface area contributed by atoms with E-state index in [-0.39, 0.29) is 17.4 Å². The molecule has 1 unspecified atom stereocenters. The summed E-state index contributed by atoms with van der Waals surface area (Å²) >= 11 is 0. The number of aromatic nitrogens is 4. The summed E-state index contributed by atoms with van der Waals surface area (Å²) in [7, 11) is 0. The van der Waals surface area contributed by atoms with E-state index in [1.54, 1.807) is 36.5 Å². The van der Waals surface area contributed by atoms with Crippen LogP contribution >= 0.6 is 0 Å². The van der Waals surface area contributed by atoms with E-state index in [2.05, 4.69) is 19.9 Å². The Morgan fingerprint density at radius 3 is 2.77 bits per heavy atom. The van der Waals surface area contributed by atoms with Crippen LogP contribution in [0.25, 0.3) is 11.5 Å². The predicted molar refractivity (Wildman–Crippen MR) is 111 cm³/mol. The van der Waals surface area contributed by atoms with E-state index in [0.717, 1.165) is 0 Å². The number of nitrogens with one attached hydrogen (secondary N) is 1. The van der Waals surface area contributed by atoms with Crippen LogP contribution in [0.5, 0.6) is 5.75 Å². The van der Waals surface area contributed by atoms with Gasteiger partial charge in [-0.2, -0.15) is 0 Å². The minimum atomic E-state index is -0.723. The number of ether oxygens (including phenoxy) is 1. The zero-order chi connectivity index (χ0) is 21.8. The van der Waals surface area contributed by atoms with E-state index in [1.807, 2.05) is 0 Å². The molecular formula is C22H22FN5O3. The molecule has 1 N–H and O–H groups in total. The van der Waals surface area contributed by atoms with Crippen LogP contribution < -0.4 is 10.3 Å². The lowest BCUT2D eigenvalue weighted by atomic mass is 9.93. The number of hydrogen-bond donors (Lipinski definition) is 1. The van der Waals surface area contributed by atoms with Crippen molar-refractivity contribution < 1.29 is 13.9 Å². The lowest BCUT2D eigenvalue weighted by Gasteiger charge is -2.33. The molecule has 1 fully saturated rings. The Morgan fingerprint density at radius 2 is 2.06 bits per heavy atom. The number of likely N-dealkylation sites (tertiary alicyclic amines) is 1. The maximum Gasteiger partial charge on any atom is 0.263 e. The molecule has 0 spiro atoms. The van der Waals surface area contributed by atoms with Crippen LogP contribution in [0.1, 0.15) is 31.4 Å². The van der Waals surface area contributed by atoms with Crippen molar-refractivity contribution in [2.24, 2.45) is 0 Å². The molecule has 1 aromatic carbocycles. The third kappa shape index (κ3) is 4.93. The number of hydrogen-bond acceptors (Lipinski definition) is 6. The third-order valence-electron chi connectivity index (χ3n) is 5.25. The minimum absolute atomic E-state index is 0.0567. The second-order valence-electron chi connectivity index (χ2n) is 7.43. The number of H-pyrrole nitrogens is 1. The fourth-order valence-electron chi connectivity index (χ4n) is 3.68. The Bertz CT molecular complexity index is 1110. The maximum absolute atomic E-state index is 13.3. The molecule has 1 aliphatic heterocycles. The van der Waals surface area contributed by atoms with Crippen molar-refractivity contribution in [3.63, 3.8) is 0 Å². The Hall–Kier alpha value is -3.62. The number of nitrogens with zero attached hydrogens (tertiary/aromatic N) is 4. The first-order chi connectivity index (χ1) is 15.0. The van der Waals surface area contributed by atoms with Gasteiger partial charge in [-0.05, 0) is 31.9 Å². The summed E-state index contributed by atoms with van der Waals surface area (Å²) in [5.41, 5.74) is 0.930. The molecule has 160 valence electrons. The van der Waals surface area contributed by atoms with Crippen LogP contribution in [0, 0.1) is 5.82 Å². The summed E-state index contributed by atoms with van der Waals surface area (Å²) in [4.78, 5) is 42.1. The molecule has 1 atom stereocenters. The van der Waals surface area contributed by atoms with Gasteiger partial charge in [0.25, 0.3) is 11.5 Å². The van der Waals surface area contributed by atoms with Gasteiger partial charge in [-0.25, -0.2) is 14.4 Å². The normalized spacial score (nSPS) is 15.5. The molecular weight excluding hydrogens is 401 g/mol. The second-order valence-corrected chi connectivity index (χ2v) is 7.43. The Kier molecular flexibility index (Phi) is 6.01. The SMILES string of the molecule is CC(Oc1cccc(F)c1)C(=O)N1CCC(c2cc(=O)[nH]c(-c3cnccn3)n2)CC1. The summed E-state index contributed by atoms with van der Waals surface area (Å²) < 4.78 is 18.9. The van der Waals surface area contributed by atoms with Gasteiger partial charge < -0.3 is 14.6 Å². The van der Waals surface area contributed by atoms with Crippen molar-refractivity contribution >= 4 is 5.91 Å². The highest BCUT2D eigenvalue weighted by Gasteiger charge is 2.28. The highest BCUT2D eigenvalue weighted by atomic mass is 19.1. The Morgan fingerprint density at radius 1 is 1.26 bits per heavy atom. The number of aromatic amines is 1. The number of halogens is 1. The van der Waals surface area contributed by atoms with Crippen LogP contribution in [-0.4, -0.2) is 49.9 Å². The third-order valence-corrected chi connectivity index (χ3v) is 5.25. The van der Waals surface area contributed by atoms with E-state index in [1.165, 1.54) is 24.3 Å². The molecule has 1 aliphatic rings. The predicted octanol–water partition coefficient (Wildman–Crippen LogP) is 2.54. The highest BCUT2D eigenvalue weighted by molar-refractivity contribution is 5.81. The van der Waals surface area contributed by atoms with Crippen LogP contribution in [0.3, 0.4) is 0 Å². The van der Waals surface area contributed by atoms with Crippen molar-refractivity contribution in [3.8, 4) is 17.3 Å². The van der Waals surface area contributed by atoms with Crippen molar-refractivity contribution in [2.45, 2.75) is 31.8 Å². The molecule has 0 saturated carbocycles. The molecule has 0 bridgehead atoms. The second kappa shape index (κ2) is 9.03. The molecule has 4 rings (SSSR count). The smallest absolute Gasteiger partial charge is 0.263 e. The minimum Gasteiger partial charge on any atom is -0.481 e. The van der Waals surface area contributed by atoms with E-state index in [0.29, 0.717) is 48.9 Å². The standard InChI is InChI=1S/C22H22FN5O3/c1-14(31-17-4-2-3-16(23)11-17)22(30)28-9-5-15(6-10-28)18-12-20(29)27-21(26-18)19-13-24-7-8-25-19/h2-4,7-8,11-15H,5-6,9-10H2,1H3,(H,26,27,29). The number of amides is 1. The van der Waals surface area contributed by atoms with Crippen LogP contribution in [0.4, 0.5) is 4.39 Å². The molecule has 31 heavy (non-hydrogen) atoms. The Balaban J connectivity index is 1.40. The van der Waals surface area contributed by atoms with Crippen molar-refractivity contribution in [3.05, 3.63) is 70.8 Å². The molecule has 8 nitrogen and oxygen atoms in total. The van der Waals surface area contributed by atoms with Crippen LogP contribution in [0.2, 0.25) is 0 Å². The molecule has 0 aliphatic carbocycles. The summed E-state index contributed by atoms with van der Waals surface area (Å²) in [5.74, 6) is 0.193. The first kappa shape index (κ1) is 20.6. The monoisotopic (exact) mass is 423 g/mol. The maximum atomic E-state index is 13.3. The van der Waals surface area contributed by atoms with Gasteiger partial charge in [0.2, 0.25) is 0 Å². The van der Waals surface area contributed by atoms with Gasteiger partial charge in [-0.15, -0.1) is 0 Å². The largest absolute Gasteiger partial charge is 0.481 e. The average Bonchev–Trinajstić information content (AvgIpc) is 2.79. The number of benzene rings is 1. The highest BCUT2D eigenvalue weighted by Crippen LogP contribution is 2.27. The summed E-state index contributed by atoms with van der Waals surface area (Å²) in [6.07, 6.45) is 5.27. The summed E-state index contributed by atoms with van der Waals surface area (Å²) in [6, 6.07) is 7.23. The van der Waals surface area contributed by atoms with Gasteiger partial charge in [0.1, 0.15) is 17.3 Å². The molecule has 1 amide bonds. The van der Waals surface area contributed by atoms with E-state index in [9.17, 15) is 14.0 Å². The van der Waals surface area contributed by atoms with Gasteiger partial charge in [-0.1, -0.05) is 6.07 Å². The number of carbonyl (C=O) groups excluding carboxylic acids is 1. The van der Waals surface area contributed by atoms with Gasteiger partial charge in [0, 0.05) is 43.5 Å². The molecule has 0 radical (unpaired) electrons. The molecule has 9 heteroatoms. The van der Waals surface area contributed by atoms with E-state index < -0.39 is 11.9 Å². The fourth-order valence-corrected chi connectivity index (χ4v) is 3.68. The number of piperidine rings is 1. The van der Waals surface area contributed by atoms with Crippen LogP contribution in [-0.2, 0) is 4.79 Å². The van der Waals surface area contributed by atoms with Crippen molar-refractivity contribution in [1.82, 2.24) is 24.8 Å². The molecule has 2 aromatic heterocycles. The molecule has 3 aromatic rings. The van der Waals surface area contributed by atoms with Gasteiger partial charge in [0.15, 0.2) is 11.9 Å². The van der Waals surface area contributed by atoms with Crippen LogP contribution in [0.15, 0.2) is 53.7 Å². The van der Waals surface area contributed by atoms with Crippen molar-refractivity contribution in [1.29, 1.82) is 0 Å². The zero-order valence-corrected chi connectivity index (χ0v) is 17.0. The topological polar surface area (TPSA) is 101 Å². The first-order valence-electron chi connectivity index (χ1n) is 10.1. The van der Waals surface area contributed by atoms with E-state index >= 15 is 0 Å². The zero-order valence-electron chi connectivity index (χ0n) is 17.0. The first-order valence-corrected chi connectivity index (χ1v) is 10.1. The lowest BCUT2D eigenvalue weighted by Crippen LogP contribution is -2.44.